The van der Waals surface area contributed by atoms with Crippen molar-refractivity contribution in [1.82, 2.24) is 14.9 Å². The normalized spacial score (nSPS) is 11.3. The Balaban J connectivity index is 1.37. The first-order valence-electron chi connectivity index (χ1n) is 11.7. The molecule has 0 bridgehead atoms. The molecule has 174 valence electrons. The van der Waals surface area contributed by atoms with Gasteiger partial charge in [0.05, 0.1) is 11.6 Å². The minimum atomic E-state index is -0.399. The standard InChI is InChI=1S/C30H23N5O/c31-16-21-7-1-2-8-23(21)19-35-20-25(27-10-4-6-12-29(27)35)15-24(17-32)30(36)33-14-13-22-18-34-28-11-5-3-9-26(22)28/h1-12,15,18,20,34H,13-14,19H2,(H,33,36)/b24-15-. The summed E-state index contributed by atoms with van der Waals surface area (Å²) in [6.45, 7) is 0.934. The van der Waals surface area contributed by atoms with Crippen molar-refractivity contribution in [1.29, 1.82) is 10.5 Å². The van der Waals surface area contributed by atoms with Crippen molar-refractivity contribution < 1.29 is 4.79 Å². The summed E-state index contributed by atoms with van der Waals surface area (Å²) in [7, 11) is 0. The number of carbonyl (C=O) groups is 1. The summed E-state index contributed by atoms with van der Waals surface area (Å²) in [4.78, 5) is 16.1. The molecule has 6 heteroatoms. The number of rotatable bonds is 7. The number of nitriles is 2. The van der Waals surface area contributed by atoms with Crippen molar-refractivity contribution in [2.24, 2.45) is 0 Å². The fourth-order valence-corrected chi connectivity index (χ4v) is 4.52. The molecule has 36 heavy (non-hydrogen) atoms. The number of hydrogen-bond donors (Lipinski definition) is 2. The van der Waals surface area contributed by atoms with E-state index in [1.165, 1.54) is 0 Å². The lowest BCUT2D eigenvalue weighted by Crippen LogP contribution is -2.26. The van der Waals surface area contributed by atoms with E-state index in [1.807, 2.05) is 83.7 Å². The molecule has 0 aliphatic carbocycles. The summed E-state index contributed by atoms with van der Waals surface area (Å²) >= 11 is 0. The molecule has 1 amide bonds. The Kier molecular flexibility index (Phi) is 6.34. The van der Waals surface area contributed by atoms with E-state index in [4.69, 9.17) is 0 Å². The molecule has 0 saturated carbocycles. The van der Waals surface area contributed by atoms with Crippen LogP contribution in [0.3, 0.4) is 0 Å². The van der Waals surface area contributed by atoms with Crippen LogP contribution in [0, 0.1) is 22.7 Å². The number of nitrogens with zero attached hydrogens (tertiary/aromatic N) is 3. The number of nitrogens with one attached hydrogen (secondary N) is 2. The molecular weight excluding hydrogens is 446 g/mol. The molecule has 0 aliphatic heterocycles. The van der Waals surface area contributed by atoms with Crippen LogP contribution in [-0.2, 0) is 17.8 Å². The van der Waals surface area contributed by atoms with Gasteiger partial charge in [-0.3, -0.25) is 4.79 Å². The molecule has 5 rings (SSSR count). The minimum Gasteiger partial charge on any atom is -0.361 e. The van der Waals surface area contributed by atoms with Gasteiger partial charge in [-0.2, -0.15) is 10.5 Å². The highest BCUT2D eigenvalue weighted by Crippen LogP contribution is 2.25. The third kappa shape index (κ3) is 4.49. The first kappa shape index (κ1) is 22.7. The Hall–Kier alpha value is -5.07. The highest BCUT2D eigenvalue weighted by Gasteiger charge is 2.13. The second-order valence-corrected chi connectivity index (χ2v) is 8.53. The van der Waals surface area contributed by atoms with Crippen LogP contribution < -0.4 is 5.32 Å². The second-order valence-electron chi connectivity index (χ2n) is 8.53. The number of hydrogen-bond acceptors (Lipinski definition) is 3. The monoisotopic (exact) mass is 469 g/mol. The van der Waals surface area contributed by atoms with Gasteiger partial charge in [0, 0.05) is 52.9 Å². The SMILES string of the molecule is N#C/C(=C/c1cn(Cc2ccccc2C#N)c2ccccc12)C(=O)NCCc1c[nH]c2ccccc12. The Labute approximate surface area is 208 Å². The number of carbonyl (C=O) groups excluding carboxylic acids is 1. The van der Waals surface area contributed by atoms with Gasteiger partial charge in [-0.05, 0) is 41.8 Å². The van der Waals surface area contributed by atoms with Gasteiger partial charge in [0.15, 0.2) is 0 Å². The topological polar surface area (TPSA) is 97.4 Å². The van der Waals surface area contributed by atoms with E-state index >= 15 is 0 Å². The van der Waals surface area contributed by atoms with Crippen LogP contribution in [0.4, 0.5) is 0 Å². The van der Waals surface area contributed by atoms with Crippen LogP contribution in [0.15, 0.2) is 90.8 Å². The van der Waals surface area contributed by atoms with Gasteiger partial charge in [0.1, 0.15) is 11.6 Å². The number of benzene rings is 3. The Morgan fingerprint density at radius 2 is 1.69 bits per heavy atom. The van der Waals surface area contributed by atoms with Crippen molar-refractivity contribution in [3.63, 3.8) is 0 Å². The number of para-hydroxylation sites is 2. The van der Waals surface area contributed by atoms with Crippen molar-refractivity contribution >= 4 is 33.8 Å². The highest BCUT2D eigenvalue weighted by atomic mass is 16.1. The first-order valence-corrected chi connectivity index (χ1v) is 11.7. The lowest BCUT2D eigenvalue weighted by molar-refractivity contribution is -0.117. The molecule has 0 radical (unpaired) electrons. The van der Waals surface area contributed by atoms with Crippen molar-refractivity contribution in [2.75, 3.05) is 6.54 Å². The minimum absolute atomic E-state index is 0.0502. The average molecular weight is 470 g/mol. The zero-order valence-electron chi connectivity index (χ0n) is 19.5. The maximum atomic E-state index is 12.8. The Morgan fingerprint density at radius 3 is 2.53 bits per heavy atom. The zero-order chi connectivity index (χ0) is 24.9. The number of amides is 1. The Morgan fingerprint density at radius 1 is 0.944 bits per heavy atom. The highest BCUT2D eigenvalue weighted by molar-refractivity contribution is 6.04. The quantitative estimate of drug-likeness (QED) is 0.250. The third-order valence-electron chi connectivity index (χ3n) is 6.32. The molecule has 0 unspecified atom stereocenters. The fourth-order valence-electron chi connectivity index (χ4n) is 4.52. The molecule has 3 aromatic carbocycles. The van der Waals surface area contributed by atoms with Crippen molar-refractivity contribution in [2.45, 2.75) is 13.0 Å². The Bertz CT molecular complexity index is 1690. The first-order chi connectivity index (χ1) is 17.7. The van der Waals surface area contributed by atoms with E-state index in [0.29, 0.717) is 25.1 Å². The lowest BCUT2D eigenvalue weighted by Gasteiger charge is -2.07. The predicted molar refractivity (Wildman–Crippen MR) is 141 cm³/mol. The largest absolute Gasteiger partial charge is 0.361 e. The van der Waals surface area contributed by atoms with Crippen LogP contribution in [0.2, 0.25) is 0 Å². The summed E-state index contributed by atoms with van der Waals surface area (Å²) in [6.07, 6.45) is 6.18. The molecule has 0 atom stereocenters. The van der Waals surface area contributed by atoms with Gasteiger partial charge >= 0.3 is 0 Å². The van der Waals surface area contributed by atoms with E-state index in [0.717, 1.165) is 38.5 Å². The second kappa shape index (κ2) is 10.0. The molecule has 2 aromatic heterocycles. The molecule has 0 aliphatic rings. The van der Waals surface area contributed by atoms with Crippen LogP contribution >= 0.6 is 0 Å². The van der Waals surface area contributed by atoms with E-state index in [-0.39, 0.29) is 5.57 Å². The fraction of sp³-hybridized carbons (Fsp3) is 0.100. The molecular formula is C30H23N5O. The van der Waals surface area contributed by atoms with E-state index in [1.54, 1.807) is 12.1 Å². The van der Waals surface area contributed by atoms with Gasteiger partial charge in [-0.15, -0.1) is 0 Å². The summed E-state index contributed by atoms with van der Waals surface area (Å²) in [5.74, 6) is -0.399. The summed E-state index contributed by atoms with van der Waals surface area (Å²) in [6, 6.07) is 27.7. The zero-order valence-corrected chi connectivity index (χ0v) is 19.5. The van der Waals surface area contributed by atoms with Gasteiger partial charge in [0.2, 0.25) is 0 Å². The molecule has 0 spiro atoms. The summed E-state index contributed by atoms with van der Waals surface area (Å²) < 4.78 is 2.04. The third-order valence-corrected chi connectivity index (χ3v) is 6.32. The molecule has 0 saturated heterocycles. The van der Waals surface area contributed by atoms with Crippen molar-refractivity contribution in [3.8, 4) is 12.1 Å². The van der Waals surface area contributed by atoms with Crippen LogP contribution in [0.5, 0.6) is 0 Å². The van der Waals surface area contributed by atoms with Gasteiger partial charge in [0.25, 0.3) is 5.91 Å². The van der Waals surface area contributed by atoms with E-state index in [2.05, 4.69) is 22.4 Å². The van der Waals surface area contributed by atoms with Gasteiger partial charge in [-0.25, -0.2) is 0 Å². The van der Waals surface area contributed by atoms with E-state index < -0.39 is 5.91 Å². The number of aromatic nitrogens is 2. The number of fused-ring (bicyclic) bond motifs is 2. The molecule has 5 aromatic rings. The molecule has 6 nitrogen and oxygen atoms in total. The molecule has 2 heterocycles. The average Bonchev–Trinajstić information content (AvgIpc) is 3.49. The number of aromatic amines is 1. The maximum absolute atomic E-state index is 12.8. The van der Waals surface area contributed by atoms with Gasteiger partial charge < -0.3 is 14.9 Å². The smallest absolute Gasteiger partial charge is 0.261 e. The number of H-pyrrole nitrogens is 1. The van der Waals surface area contributed by atoms with Crippen molar-refractivity contribution in [3.05, 3.63) is 113 Å². The maximum Gasteiger partial charge on any atom is 0.261 e. The lowest BCUT2D eigenvalue weighted by atomic mass is 10.1. The van der Waals surface area contributed by atoms with Crippen LogP contribution in [-0.4, -0.2) is 22.0 Å². The van der Waals surface area contributed by atoms with Crippen LogP contribution in [0.25, 0.3) is 27.9 Å². The molecule has 0 fully saturated rings. The van der Waals surface area contributed by atoms with Gasteiger partial charge in [-0.1, -0.05) is 54.6 Å². The molecule has 2 N–H and O–H groups in total. The summed E-state index contributed by atoms with van der Waals surface area (Å²) in [5.41, 5.74) is 5.51. The van der Waals surface area contributed by atoms with E-state index in [9.17, 15) is 15.3 Å². The summed E-state index contributed by atoms with van der Waals surface area (Å²) in [5, 5.41) is 24.1. The van der Waals surface area contributed by atoms with Crippen LogP contribution in [0.1, 0.15) is 22.3 Å². The predicted octanol–water partition coefficient (Wildman–Crippen LogP) is 5.31.